The molecule has 0 radical (unpaired) electrons. The van der Waals surface area contributed by atoms with E-state index in [9.17, 15) is 4.79 Å². The molecule has 28 heavy (non-hydrogen) atoms. The predicted molar refractivity (Wildman–Crippen MR) is 116 cm³/mol. The normalized spacial score (nSPS) is 16.4. The molecular formula is C21H21BrN2O3S. The van der Waals surface area contributed by atoms with E-state index in [1.165, 1.54) is 11.3 Å². The van der Waals surface area contributed by atoms with Crippen molar-refractivity contribution >= 4 is 48.5 Å². The highest BCUT2D eigenvalue weighted by Gasteiger charge is 2.27. The van der Waals surface area contributed by atoms with Crippen molar-refractivity contribution in [3.8, 4) is 5.75 Å². The van der Waals surface area contributed by atoms with Gasteiger partial charge in [-0.15, -0.1) is 0 Å². The van der Waals surface area contributed by atoms with Gasteiger partial charge in [-0.05, 0) is 62.2 Å². The van der Waals surface area contributed by atoms with Gasteiger partial charge in [-0.1, -0.05) is 27.3 Å². The summed E-state index contributed by atoms with van der Waals surface area (Å²) in [5.74, 6) is 0.752. The summed E-state index contributed by atoms with van der Waals surface area (Å²) < 4.78 is 13.3. The number of anilines is 1. The number of rotatable bonds is 6. The number of thiazole rings is 1. The summed E-state index contributed by atoms with van der Waals surface area (Å²) in [6, 6.07) is 13.2. The molecule has 0 spiro atoms. The van der Waals surface area contributed by atoms with Crippen molar-refractivity contribution in [2.75, 3.05) is 24.7 Å². The standard InChI is InChI=1S/C21H21BrN2O3S/c1-2-26-16-9-10-18-19(12-16)28-21(23-18)24(13-17-4-3-11-27-17)20(25)14-5-7-15(22)8-6-14/h5-10,12,17H,2-4,11,13H2,1H3. The van der Waals surface area contributed by atoms with Crippen molar-refractivity contribution in [2.45, 2.75) is 25.9 Å². The number of hydrogen-bond donors (Lipinski definition) is 0. The van der Waals surface area contributed by atoms with Crippen LogP contribution in [-0.2, 0) is 4.74 Å². The van der Waals surface area contributed by atoms with E-state index in [1.54, 1.807) is 4.90 Å². The highest BCUT2D eigenvalue weighted by atomic mass is 79.9. The first-order chi connectivity index (χ1) is 13.6. The maximum atomic E-state index is 13.3. The summed E-state index contributed by atoms with van der Waals surface area (Å²) in [7, 11) is 0. The van der Waals surface area contributed by atoms with Gasteiger partial charge < -0.3 is 9.47 Å². The molecule has 2 heterocycles. The molecule has 1 aliphatic heterocycles. The van der Waals surface area contributed by atoms with Gasteiger partial charge in [-0.2, -0.15) is 0 Å². The van der Waals surface area contributed by atoms with Crippen LogP contribution in [0.2, 0.25) is 0 Å². The van der Waals surface area contributed by atoms with Gasteiger partial charge >= 0.3 is 0 Å². The molecule has 1 amide bonds. The van der Waals surface area contributed by atoms with Gasteiger partial charge in [0.1, 0.15) is 5.75 Å². The zero-order valence-corrected chi connectivity index (χ0v) is 18.0. The predicted octanol–water partition coefficient (Wildman–Crippen LogP) is 5.28. The first kappa shape index (κ1) is 19.4. The smallest absolute Gasteiger partial charge is 0.260 e. The van der Waals surface area contributed by atoms with E-state index in [2.05, 4.69) is 15.9 Å². The van der Waals surface area contributed by atoms with Crippen LogP contribution >= 0.6 is 27.3 Å². The Morgan fingerprint density at radius 1 is 1.32 bits per heavy atom. The third-order valence-electron chi connectivity index (χ3n) is 4.64. The second-order valence-electron chi connectivity index (χ2n) is 6.62. The highest BCUT2D eigenvalue weighted by Crippen LogP contribution is 2.33. The number of aromatic nitrogens is 1. The Morgan fingerprint density at radius 3 is 2.86 bits per heavy atom. The summed E-state index contributed by atoms with van der Waals surface area (Å²) in [4.78, 5) is 19.8. The van der Waals surface area contributed by atoms with Crippen LogP contribution in [0, 0.1) is 0 Å². The second-order valence-corrected chi connectivity index (χ2v) is 8.54. The van der Waals surface area contributed by atoms with Crippen LogP contribution in [0.15, 0.2) is 46.9 Å². The quantitative estimate of drug-likeness (QED) is 0.501. The summed E-state index contributed by atoms with van der Waals surface area (Å²) >= 11 is 4.93. The van der Waals surface area contributed by atoms with Gasteiger partial charge in [0.25, 0.3) is 5.91 Å². The minimum Gasteiger partial charge on any atom is -0.494 e. The number of carbonyl (C=O) groups is 1. The lowest BCUT2D eigenvalue weighted by Crippen LogP contribution is -2.37. The average Bonchev–Trinajstić information content (AvgIpc) is 3.35. The van der Waals surface area contributed by atoms with Gasteiger partial charge in [0.15, 0.2) is 5.13 Å². The van der Waals surface area contributed by atoms with Gasteiger partial charge in [0.05, 0.1) is 29.5 Å². The minimum absolute atomic E-state index is 0.0467. The third kappa shape index (κ3) is 4.21. The summed E-state index contributed by atoms with van der Waals surface area (Å²) in [6.07, 6.45) is 2.04. The average molecular weight is 461 g/mol. The lowest BCUT2D eigenvalue weighted by molar-refractivity contribution is 0.0917. The van der Waals surface area contributed by atoms with E-state index in [1.807, 2.05) is 49.4 Å². The second kappa shape index (κ2) is 8.59. The number of nitrogens with zero attached hydrogens (tertiary/aromatic N) is 2. The van der Waals surface area contributed by atoms with Crippen LogP contribution < -0.4 is 9.64 Å². The Bertz CT molecular complexity index is 967. The molecule has 0 bridgehead atoms. The molecule has 1 aromatic heterocycles. The molecule has 5 nitrogen and oxygen atoms in total. The van der Waals surface area contributed by atoms with E-state index in [0.29, 0.717) is 23.8 Å². The summed E-state index contributed by atoms with van der Waals surface area (Å²) in [5, 5.41) is 0.687. The van der Waals surface area contributed by atoms with Crippen molar-refractivity contribution in [1.82, 2.24) is 4.98 Å². The van der Waals surface area contributed by atoms with E-state index >= 15 is 0 Å². The molecule has 1 aliphatic rings. The van der Waals surface area contributed by atoms with Gasteiger partial charge in [-0.3, -0.25) is 9.69 Å². The first-order valence-corrected chi connectivity index (χ1v) is 11.0. The number of benzene rings is 2. The molecule has 0 N–H and O–H groups in total. The van der Waals surface area contributed by atoms with Gasteiger partial charge in [0.2, 0.25) is 0 Å². The summed E-state index contributed by atoms with van der Waals surface area (Å²) in [6.45, 7) is 3.84. The lowest BCUT2D eigenvalue weighted by atomic mass is 10.2. The van der Waals surface area contributed by atoms with E-state index in [-0.39, 0.29) is 12.0 Å². The van der Waals surface area contributed by atoms with E-state index < -0.39 is 0 Å². The molecule has 1 unspecified atom stereocenters. The maximum absolute atomic E-state index is 13.3. The Balaban J connectivity index is 1.68. The number of fused-ring (bicyclic) bond motifs is 1. The van der Waals surface area contributed by atoms with Crippen LogP contribution in [0.5, 0.6) is 5.75 Å². The molecule has 2 aromatic carbocycles. The third-order valence-corrected chi connectivity index (χ3v) is 6.21. The summed E-state index contributed by atoms with van der Waals surface area (Å²) in [5.41, 5.74) is 1.50. The van der Waals surface area contributed by atoms with Crippen molar-refractivity contribution in [2.24, 2.45) is 0 Å². The Labute approximate surface area is 176 Å². The van der Waals surface area contributed by atoms with E-state index in [4.69, 9.17) is 14.5 Å². The minimum atomic E-state index is -0.0629. The fraction of sp³-hybridized carbons (Fsp3) is 0.333. The van der Waals surface area contributed by atoms with Gasteiger partial charge in [-0.25, -0.2) is 4.98 Å². The monoisotopic (exact) mass is 460 g/mol. The number of amides is 1. The van der Waals surface area contributed by atoms with Crippen LogP contribution in [0.25, 0.3) is 10.2 Å². The van der Waals surface area contributed by atoms with Crippen LogP contribution in [0.1, 0.15) is 30.1 Å². The lowest BCUT2D eigenvalue weighted by Gasteiger charge is -2.23. The Hall–Kier alpha value is -1.96. The van der Waals surface area contributed by atoms with Gasteiger partial charge in [0, 0.05) is 16.6 Å². The highest BCUT2D eigenvalue weighted by molar-refractivity contribution is 9.10. The molecule has 0 saturated carbocycles. The fourth-order valence-corrected chi connectivity index (χ4v) is 4.52. The fourth-order valence-electron chi connectivity index (χ4n) is 3.25. The molecular weight excluding hydrogens is 440 g/mol. The van der Waals surface area contributed by atoms with Crippen LogP contribution in [-0.4, -0.2) is 36.8 Å². The number of halogens is 1. The molecule has 1 atom stereocenters. The SMILES string of the molecule is CCOc1ccc2nc(N(CC3CCCO3)C(=O)c3ccc(Br)cc3)sc2c1. The van der Waals surface area contributed by atoms with Crippen LogP contribution in [0.3, 0.4) is 0 Å². The molecule has 4 rings (SSSR count). The molecule has 1 saturated heterocycles. The van der Waals surface area contributed by atoms with Crippen molar-refractivity contribution < 1.29 is 14.3 Å². The molecule has 1 fully saturated rings. The largest absolute Gasteiger partial charge is 0.494 e. The topological polar surface area (TPSA) is 51.7 Å². The molecule has 7 heteroatoms. The van der Waals surface area contributed by atoms with Crippen molar-refractivity contribution in [3.05, 3.63) is 52.5 Å². The molecule has 146 valence electrons. The van der Waals surface area contributed by atoms with Crippen molar-refractivity contribution in [1.29, 1.82) is 0 Å². The maximum Gasteiger partial charge on any atom is 0.260 e. The number of ether oxygens (including phenoxy) is 2. The number of hydrogen-bond acceptors (Lipinski definition) is 5. The number of carbonyl (C=O) groups excluding carboxylic acids is 1. The van der Waals surface area contributed by atoms with E-state index in [0.717, 1.165) is 39.9 Å². The Kier molecular flexibility index (Phi) is 5.94. The van der Waals surface area contributed by atoms with Crippen molar-refractivity contribution in [3.63, 3.8) is 0 Å². The Morgan fingerprint density at radius 2 is 2.14 bits per heavy atom. The zero-order valence-electron chi connectivity index (χ0n) is 15.6. The molecule has 3 aromatic rings. The zero-order chi connectivity index (χ0) is 19.5. The first-order valence-electron chi connectivity index (χ1n) is 9.36. The van der Waals surface area contributed by atoms with Crippen LogP contribution in [0.4, 0.5) is 5.13 Å². The molecule has 0 aliphatic carbocycles.